The molecular weight excluding hydrogens is 302 g/mol. The summed E-state index contributed by atoms with van der Waals surface area (Å²) in [6.45, 7) is 1.12. The van der Waals surface area contributed by atoms with Crippen LogP contribution in [0.4, 0.5) is 11.4 Å². The van der Waals surface area contributed by atoms with Crippen molar-refractivity contribution in [2.24, 2.45) is 11.7 Å². The number of para-hydroxylation sites is 2. The Hall–Kier alpha value is -2.82. The summed E-state index contributed by atoms with van der Waals surface area (Å²) in [5.41, 5.74) is 7.71. The number of benzene rings is 2. The van der Waals surface area contributed by atoms with Crippen molar-refractivity contribution in [3.8, 4) is 0 Å². The Morgan fingerprint density at radius 3 is 2.25 bits per heavy atom. The first-order chi connectivity index (χ1) is 11.6. The van der Waals surface area contributed by atoms with Crippen molar-refractivity contribution in [1.82, 2.24) is 4.90 Å². The Morgan fingerprint density at radius 2 is 1.58 bits per heavy atom. The van der Waals surface area contributed by atoms with Gasteiger partial charge < -0.3 is 16.0 Å². The van der Waals surface area contributed by atoms with Crippen LogP contribution < -0.4 is 11.1 Å². The van der Waals surface area contributed by atoms with Crippen molar-refractivity contribution in [3.63, 3.8) is 0 Å². The molecule has 0 spiro atoms. The second-order valence-electron chi connectivity index (χ2n) is 6.01. The van der Waals surface area contributed by atoms with Gasteiger partial charge in [-0.25, -0.2) is 0 Å². The Labute approximate surface area is 141 Å². The number of rotatable bonds is 4. The molecule has 0 saturated carbocycles. The minimum Gasteiger partial charge on any atom is -0.369 e. The third kappa shape index (κ3) is 3.56. The lowest BCUT2D eigenvalue weighted by molar-refractivity contribution is -0.123. The molecule has 5 nitrogen and oxygen atoms in total. The smallest absolute Gasteiger partial charge is 0.255 e. The number of carbonyl (C=O) groups excluding carboxylic acids is 2. The van der Waals surface area contributed by atoms with E-state index in [1.807, 2.05) is 54.6 Å². The van der Waals surface area contributed by atoms with E-state index in [0.29, 0.717) is 31.5 Å². The van der Waals surface area contributed by atoms with Gasteiger partial charge in [0.15, 0.2) is 0 Å². The fraction of sp³-hybridized carbons (Fsp3) is 0.263. The zero-order chi connectivity index (χ0) is 16.9. The van der Waals surface area contributed by atoms with Crippen molar-refractivity contribution in [2.45, 2.75) is 12.8 Å². The Kier molecular flexibility index (Phi) is 4.79. The maximum Gasteiger partial charge on any atom is 0.255 e. The molecule has 3 rings (SSSR count). The van der Waals surface area contributed by atoms with Crippen LogP contribution in [0.2, 0.25) is 0 Å². The summed E-state index contributed by atoms with van der Waals surface area (Å²) in [5.74, 6) is -0.406. The van der Waals surface area contributed by atoms with Crippen LogP contribution >= 0.6 is 0 Å². The van der Waals surface area contributed by atoms with Crippen LogP contribution in [0.25, 0.3) is 0 Å². The van der Waals surface area contributed by atoms with Gasteiger partial charge in [0.2, 0.25) is 5.91 Å². The zero-order valence-electron chi connectivity index (χ0n) is 13.4. The Balaban J connectivity index is 1.75. The number of carbonyl (C=O) groups is 2. The second-order valence-corrected chi connectivity index (χ2v) is 6.01. The van der Waals surface area contributed by atoms with Crippen molar-refractivity contribution in [3.05, 3.63) is 60.2 Å². The molecule has 24 heavy (non-hydrogen) atoms. The molecule has 1 fully saturated rings. The zero-order valence-corrected chi connectivity index (χ0v) is 13.4. The largest absolute Gasteiger partial charge is 0.369 e. The fourth-order valence-corrected chi connectivity index (χ4v) is 2.99. The van der Waals surface area contributed by atoms with Crippen LogP contribution in [0, 0.1) is 5.92 Å². The molecule has 2 aromatic carbocycles. The molecular formula is C19H21N3O2. The lowest BCUT2D eigenvalue weighted by Gasteiger charge is -2.31. The number of nitrogens with zero attached hydrogens (tertiary/aromatic N) is 1. The average molecular weight is 323 g/mol. The molecule has 5 heteroatoms. The molecule has 0 aromatic heterocycles. The predicted molar refractivity (Wildman–Crippen MR) is 94.0 cm³/mol. The van der Waals surface area contributed by atoms with Gasteiger partial charge in [0.1, 0.15) is 0 Å². The summed E-state index contributed by atoms with van der Waals surface area (Å²) in [5, 5.41) is 3.30. The van der Waals surface area contributed by atoms with Gasteiger partial charge >= 0.3 is 0 Å². The predicted octanol–water partition coefficient (Wildman–Crippen LogP) is 2.77. The normalized spacial score (nSPS) is 15.1. The van der Waals surface area contributed by atoms with Crippen LogP contribution in [0.3, 0.4) is 0 Å². The first-order valence-electron chi connectivity index (χ1n) is 8.15. The summed E-state index contributed by atoms with van der Waals surface area (Å²) in [7, 11) is 0. The maximum atomic E-state index is 12.9. The molecule has 1 aliphatic rings. The summed E-state index contributed by atoms with van der Waals surface area (Å²) < 4.78 is 0. The lowest BCUT2D eigenvalue weighted by atomic mass is 9.95. The molecule has 2 aromatic rings. The van der Waals surface area contributed by atoms with E-state index in [9.17, 15) is 9.59 Å². The molecule has 1 saturated heterocycles. The third-order valence-electron chi connectivity index (χ3n) is 4.39. The Morgan fingerprint density at radius 1 is 0.958 bits per heavy atom. The van der Waals surface area contributed by atoms with Gasteiger partial charge in [-0.15, -0.1) is 0 Å². The highest BCUT2D eigenvalue weighted by atomic mass is 16.2. The number of piperidine rings is 1. The van der Waals surface area contributed by atoms with E-state index in [2.05, 4.69) is 5.32 Å². The number of hydrogen-bond acceptors (Lipinski definition) is 3. The number of nitrogens with two attached hydrogens (primary N) is 1. The van der Waals surface area contributed by atoms with Crippen molar-refractivity contribution in [1.29, 1.82) is 0 Å². The van der Waals surface area contributed by atoms with Crippen LogP contribution in [-0.4, -0.2) is 29.8 Å². The van der Waals surface area contributed by atoms with E-state index in [0.717, 1.165) is 11.4 Å². The SMILES string of the molecule is NC(=O)C1CCN(C(=O)c2ccccc2Nc2ccccc2)CC1. The minimum absolute atomic E-state index is 0.0167. The summed E-state index contributed by atoms with van der Waals surface area (Å²) in [6.07, 6.45) is 1.27. The van der Waals surface area contributed by atoms with E-state index >= 15 is 0 Å². The number of nitrogens with one attached hydrogen (secondary N) is 1. The summed E-state index contributed by atoms with van der Waals surface area (Å²) >= 11 is 0. The highest BCUT2D eigenvalue weighted by molar-refractivity contribution is 6.00. The average Bonchev–Trinajstić information content (AvgIpc) is 2.62. The van der Waals surface area contributed by atoms with Gasteiger partial charge in [0, 0.05) is 24.7 Å². The number of primary amides is 1. The van der Waals surface area contributed by atoms with Gasteiger partial charge in [0.25, 0.3) is 5.91 Å². The number of likely N-dealkylation sites (tertiary alicyclic amines) is 1. The standard InChI is InChI=1S/C19H21N3O2/c20-18(23)14-10-12-22(13-11-14)19(24)16-8-4-5-9-17(16)21-15-6-2-1-3-7-15/h1-9,14,21H,10-13H2,(H2,20,23). The second kappa shape index (κ2) is 7.17. The van der Waals surface area contributed by atoms with E-state index in [-0.39, 0.29) is 17.7 Å². The first-order valence-corrected chi connectivity index (χ1v) is 8.15. The van der Waals surface area contributed by atoms with Gasteiger partial charge in [0.05, 0.1) is 11.3 Å². The molecule has 0 bridgehead atoms. The highest BCUT2D eigenvalue weighted by Gasteiger charge is 2.27. The first kappa shape index (κ1) is 16.1. The summed E-state index contributed by atoms with van der Waals surface area (Å²) in [6, 6.07) is 17.2. The van der Waals surface area contributed by atoms with Gasteiger partial charge in [-0.2, -0.15) is 0 Å². The van der Waals surface area contributed by atoms with Crippen molar-refractivity contribution < 1.29 is 9.59 Å². The topological polar surface area (TPSA) is 75.4 Å². The quantitative estimate of drug-likeness (QED) is 0.908. The molecule has 3 N–H and O–H groups in total. The van der Waals surface area contributed by atoms with Crippen LogP contribution in [-0.2, 0) is 4.79 Å². The number of amides is 2. The van der Waals surface area contributed by atoms with Crippen molar-refractivity contribution >= 4 is 23.2 Å². The van der Waals surface area contributed by atoms with Crippen LogP contribution in [0.5, 0.6) is 0 Å². The lowest BCUT2D eigenvalue weighted by Crippen LogP contribution is -2.41. The maximum absolute atomic E-state index is 12.9. The molecule has 2 amide bonds. The van der Waals surface area contributed by atoms with Crippen LogP contribution in [0.1, 0.15) is 23.2 Å². The van der Waals surface area contributed by atoms with Gasteiger partial charge in [-0.05, 0) is 37.1 Å². The molecule has 1 aliphatic heterocycles. The molecule has 0 atom stereocenters. The van der Waals surface area contributed by atoms with E-state index in [1.165, 1.54) is 0 Å². The minimum atomic E-state index is -0.270. The fourth-order valence-electron chi connectivity index (χ4n) is 2.99. The van der Waals surface area contributed by atoms with Gasteiger partial charge in [-0.1, -0.05) is 30.3 Å². The van der Waals surface area contributed by atoms with Crippen LogP contribution in [0.15, 0.2) is 54.6 Å². The monoisotopic (exact) mass is 323 g/mol. The van der Waals surface area contributed by atoms with E-state index < -0.39 is 0 Å². The molecule has 0 unspecified atom stereocenters. The van der Waals surface area contributed by atoms with E-state index in [4.69, 9.17) is 5.73 Å². The van der Waals surface area contributed by atoms with E-state index in [1.54, 1.807) is 4.90 Å². The molecule has 1 heterocycles. The summed E-state index contributed by atoms with van der Waals surface area (Å²) in [4.78, 5) is 25.9. The molecule has 124 valence electrons. The highest BCUT2D eigenvalue weighted by Crippen LogP contribution is 2.24. The number of hydrogen-bond donors (Lipinski definition) is 2. The molecule has 0 aliphatic carbocycles. The van der Waals surface area contributed by atoms with Crippen molar-refractivity contribution in [2.75, 3.05) is 18.4 Å². The van der Waals surface area contributed by atoms with Gasteiger partial charge in [-0.3, -0.25) is 9.59 Å². The number of anilines is 2. The molecule has 0 radical (unpaired) electrons. The Bertz CT molecular complexity index is 722. The third-order valence-corrected chi connectivity index (χ3v) is 4.39.